The Morgan fingerprint density at radius 3 is 2.62 bits per heavy atom. The van der Waals surface area contributed by atoms with Crippen LogP contribution in [0.1, 0.15) is 34.5 Å². The first kappa shape index (κ1) is 22.2. The number of esters is 1. The number of rotatable bonds is 7. The number of imidazole rings is 1. The average molecular weight is 434 g/mol. The predicted octanol–water partition coefficient (Wildman–Crippen LogP) is 3.37. The van der Waals surface area contributed by atoms with Gasteiger partial charge in [0.15, 0.2) is 5.82 Å². The van der Waals surface area contributed by atoms with E-state index in [1.807, 2.05) is 13.2 Å². The summed E-state index contributed by atoms with van der Waals surface area (Å²) in [5, 5.41) is 0. The van der Waals surface area contributed by atoms with Gasteiger partial charge in [-0.3, -0.25) is 14.8 Å². The van der Waals surface area contributed by atoms with Crippen LogP contribution in [0.2, 0.25) is 0 Å². The maximum absolute atomic E-state index is 11.8. The van der Waals surface area contributed by atoms with Crippen LogP contribution in [0.4, 0.5) is 0 Å². The van der Waals surface area contributed by atoms with Crippen molar-refractivity contribution < 1.29 is 9.53 Å². The molecule has 0 unspecified atom stereocenters. The highest BCUT2D eigenvalue weighted by Gasteiger charge is 2.23. The summed E-state index contributed by atoms with van der Waals surface area (Å²) in [5.74, 6) is 0.373. The molecule has 2 aromatic heterocycles. The highest BCUT2D eigenvalue weighted by Crippen LogP contribution is 2.22. The van der Waals surface area contributed by atoms with Crippen LogP contribution in [-0.2, 0) is 24.9 Å². The van der Waals surface area contributed by atoms with Gasteiger partial charge in [0.1, 0.15) is 5.69 Å². The lowest BCUT2D eigenvalue weighted by molar-refractivity contribution is 0.0600. The second kappa shape index (κ2) is 10.1. The van der Waals surface area contributed by atoms with E-state index in [1.165, 1.54) is 12.7 Å². The minimum Gasteiger partial charge on any atom is -0.465 e. The van der Waals surface area contributed by atoms with Crippen molar-refractivity contribution in [2.75, 3.05) is 27.2 Å². The Labute approximate surface area is 189 Å². The molecule has 0 atom stereocenters. The van der Waals surface area contributed by atoms with Crippen molar-refractivity contribution in [3.05, 3.63) is 71.7 Å². The van der Waals surface area contributed by atoms with E-state index in [0.717, 1.165) is 50.5 Å². The molecule has 3 heterocycles. The number of pyridine rings is 1. The van der Waals surface area contributed by atoms with Crippen molar-refractivity contribution in [2.24, 2.45) is 7.05 Å². The Kier molecular flexibility index (Phi) is 6.97. The first-order valence-electron chi connectivity index (χ1n) is 11.1. The smallest absolute Gasteiger partial charge is 0.337 e. The summed E-state index contributed by atoms with van der Waals surface area (Å²) in [6.45, 7) is 4.08. The molecule has 32 heavy (non-hydrogen) atoms. The van der Waals surface area contributed by atoms with Crippen LogP contribution < -0.4 is 0 Å². The van der Waals surface area contributed by atoms with E-state index in [0.29, 0.717) is 17.3 Å². The summed E-state index contributed by atoms with van der Waals surface area (Å²) >= 11 is 0. The quantitative estimate of drug-likeness (QED) is 0.533. The molecule has 1 saturated heterocycles. The monoisotopic (exact) mass is 433 g/mol. The van der Waals surface area contributed by atoms with E-state index in [9.17, 15) is 4.79 Å². The molecule has 0 N–H and O–H groups in total. The van der Waals surface area contributed by atoms with Crippen LogP contribution in [0.15, 0.2) is 54.9 Å². The van der Waals surface area contributed by atoms with Crippen LogP contribution in [0, 0.1) is 0 Å². The molecule has 1 aliphatic heterocycles. The van der Waals surface area contributed by atoms with E-state index in [1.54, 1.807) is 18.3 Å². The maximum Gasteiger partial charge on any atom is 0.337 e. The minimum absolute atomic E-state index is 0.374. The molecule has 1 fully saturated rings. The van der Waals surface area contributed by atoms with Gasteiger partial charge in [0.25, 0.3) is 0 Å². The number of benzene rings is 1. The number of ether oxygens (including phenoxy) is 1. The fourth-order valence-electron chi connectivity index (χ4n) is 4.37. The number of nitrogens with zero attached hydrogens (tertiary/aromatic N) is 5. The molecule has 0 bridgehead atoms. The van der Waals surface area contributed by atoms with E-state index in [2.05, 4.69) is 61.7 Å². The maximum atomic E-state index is 11.8. The predicted molar refractivity (Wildman–Crippen MR) is 124 cm³/mol. The second-order valence-corrected chi connectivity index (χ2v) is 8.46. The fraction of sp³-hybridized carbons (Fsp3) is 0.400. The normalized spacial score (nSPS) is 15.2. The summed E-state index contributed by atoms with van der Waals surface area (Å²) in [4.78, 5) is 25.8. The van der Waals surface area contributed by atoms with Crippen molar-refractivity contribution in [3.63, 3.8) is 0 Å². The summed E-state index contributed by atoms with van der Waals surface area (Å²) in [7, 11) is 5.57. The van der Waals surface area contributed by atoms with Gasteiger partial charge in [-0.1, -0.05) is 30.3 Å². The van der Waals surface area contributed by atoms with Gasteiger partial charge in [-0.2, -0.15) is 0 Å². The molecule has 7 nitrogen and oxygen atoms in total. The van der Waals surface area contributed by atoms with Gasteiger partial charge in [-0.15, -0.1) is 0 Å². The Morgan fingerprint density at radius 2 is 1.91 bits per heavy atom. The number of aromatic nitrogens is 3. The highest BCUT2D eigenvalue weighted by molar-refractivity contribution is 5.90. The molecule has 0 aliphatic carbocycles. The van der Waals surface area contributed by atoms with E-state index < -0.39 is 0 Å². The SMILES string of the molecule is COC(=O)c1ccnc(-c2ncc(CN(C)C3CCN(Cc4ccccc4)CC3)n2C)c1. The number of carbonyl (C=O) groups excluding carboxylic acids is 1. The third kappa shape index (κ3) is 5.06. The van der Waals surface area contributed by atoms with Gasteiger partial charge in [0, 0.05) is 32.4 Å². The molecule has 0 spiro atoms. The first-order valence-corrected chi connectivity index (χ1v) is 11.1. The molecule has 1 aliphatic rings. The third-order valence-corrected chi connectivity index (χ3v) is 6.34. The molecule has 168 valence electrons. The molecule has 7 heteroatoms. The Balaban J connectivity index is 1.36. The van der Waals surface area contributed by atoms with Crippen LogP contribution >= 0.6 is 0 Å². The Hall–Kier alpha value is -3.03. The Morgan fingerprint density at radius 1 is 1.16 bits per heavy atom. The summed E-state index contributed by atoms with van der Waals surface area (Å²) < 4.78 is 6.88. The number of hydrogen-bond donors (Lipinski definition) is 0. The molecule has 0 saturated carbocycles. The van der Waals surface area contributed by atoms with Crippen molar-refractivity contribution >= 4 is 5.97 Å². The van der Waals surface area contributed by atoms with E-state index in [-0.39, 0.29) is 5.97 Å². The van der Waals surface area contributed by atoms with Gasteiger partial charge < -0.3 is 9.30 Å². The van der Waals surface area contributed by atoms with Gasteiger partial charge in [-0.25, -0.2) is 9.78 Å². The van der Waals surface area contributed by atoms with Crippen LogP contribution in [0.3, 0.4) is 0 Å². The standard InChI is InChI=1S/C25H31N5O2/c1-28(21-10-13-30(14-11-21)17-19-7-5-4-6-8-19)18-22-16-27-24(29(22)2)23-15-20(9-12-26-23)25(31)32-3/h4-9,12,15-16,21H,10-11,13-14,17-18H2,1-3H3. The number of methoxy groups -OCH3 is 1. The van der Waals surface area contributed by atoms with Crippen molar-refractivity contribution in [1.29, 1.82) is 0 Å². The lowest BCUT2D eigenvalue weighted by Crippen LogP contribution is -2.42. The van der Waals surface area contributed by atoms with Crippen LogP contribution in [0.5, 0.6) is 0 Å². The molecular weight excluding hydrogens is 402 g/mol. The minimum atomic E-state index is -0.374. The number of likely N-dealkylation sites (tertiary alicyclic amines) is 1. The molecule has 3 aromatic rings. The van der Waals surface area contributed by atoms with Gasteiger partial charge >= 0.3 is 5.97 Å². The summed E-state index contributed by atoms with van der Waals surface area (Å²) in [5.41, 5.74) is 3.64. The van der Waals surface area contributed by atoms with E-state index in [4.69, 9.17) is 4.74 Å². The van der Waals surface area contributed by atoms with Crippen molar-refractivity contribution in [1.82, 2.24) is 24.3 Å². The molecule has 4 rings (SSSR count). The van der Waals surface area contributed by atoms with Gasteiger partial charge in [-0.05, 0) is 50.7 Å². The lowest BCUT2D eigenvalue weighted by Gasteiger charge is -2.36. The molecule has 0 amide bonds. The fourth-order valence-corrected chi connectivity index (χ4v) is 4.37. The first-order chi connectivity index (χ1) is 15.5. The second-order valence-electron chi connectivity index (χ2n) is 8.46. The van der Waals surface area contributed by atoms with Crippen molar-refractivity contribution in [3.8, 4) is 11.5 Å². The van der Waals surface area contributed by atoms with Crippen LogP contribution in [0.25, 0.3) is 11.5 Å². The molecular formula is C25H31N5O2. The zero-order valence-electron chi connectivity index (χ0n) is 19.1. The van der Waals surface area contributed by atoms with Gasteiger partial charge in [0.05, 0.1) is 24.6 Å². The number of piperidine rings is 1. The Bertz CT molecular complexity index is 1040. The molecule has 1 aromatic carbocycles. The van der Waals surface area contributed by atoms with Gasteiger partial charge in [0.2, 0.25) is 0 Å². The van der Waals surface area contributed by atoms with Crippen molar-refractivity contribution in [2.45, 2.75) is 32.0 Å². The topological polar surface area (TPSA) is 63.5 Å². The van der Waals surface area contributed by atoms with Crippen LogP contribution in [-0.4, -0.2) is 63.6 Å². The summed E-state index contributed by atoms with van der Waals surface area (Å²) in [6.07, 6.45) is 5.85. The van der Waals surface area contributed by atoms with E-state index >= 15 is 0 Å². The largest absolute Gasteiger partial charge is 0.465 e. The number of carbonyl (C=O) groups is 1. The summed E-state index contributed by atoms with van der Waals surface area (Å²) in [6, 6.07) is 14.6. The zero-order chi connectivity index (χ0) is 22.5. The third-order valence-electron chi connectivity index (χ3n) is 6.34. The highest BCUT2D eigenvalue weighted by atomic mass is 16.5. The average Bonchev–Trinajstić information content (AvgIpc) is 3.19. The number of hydrogen-bond acceptors (Lipinski definition) is 6. The zero-order valence-corrected chi connectivity index (χ0v) is 19.1. The lowest BCUT2D eigenvalue weighted by atomic mass is 10.0. The molecule has 0 radical (unpaired) electrons.